The van der Waals surface area contributed by atoms with Crippen LogP contribution in [0.15, 0.2) is 89.6 Å². The first-order chi connectivity index (χ1) is 14.3. The highest BCUT2D eigenvalue weighted by Crippen LogP contribution is 2.31. The third kappa shape index (κ3) is 3.64. The summed E-state index contributed by atoms with van der Waals surface area (Å²) in [6.45, 7) is 0. The Bertz CT molecular complexity index is 1260. The Morgan fingerprint density at radius 1 is 0.828 bits per heavy atom. The Labute approximate surface area is 178 Å². The highest BCUT2D eigenvalue weighted by Gasteiger charge is 2.13. The normalized spacial score (nSPS) is 13.5. The molecule has 4 aromatic rings. The molecule has 0 amide bonds. The van der Waals surface area contributed by atoms with Crippen LogP contribution in [0.4, 0.5) is 0 Å². The zero-order valence-corrected chi connectivity index (χ0v) is 17.3. The van der Waals surface area contributed by atoms with Crippen molar-refractivity contribution in [3.05, 3.63) is 95.1 Å². The number of hydrogen-bond donors (Lipinski definition) is 0. The molecule has 4 heteroatoms. The fraction of sp³-hybridized carbons (Fsp3) is 0.0800. The molecule has 2 heterocycles. The smallest absolute Gasteiger partial charge is 0.163 e. The molecule has 0 saturated carbocycles. The van der Waals surface area contributed by atoms with E-state index in [4.69, 9.17) is 9.97 Å². The number of allylic oxidation sites excluding steroid dienone is 4. The van der Waals surface area contributed by atoms with E-state index < -0.39 is 0 Å². The predicted molar refractivity (Wildman–Crippen MR) is 122 cm³/mol. The highest BCUT2D eigenvalue weighted by atomic mass is 79.9. The quantitative estimate of drug-likeness (QED) is 0.350. The van der Waals surface area contributed by atoms with E-state index in [1.807, 2.05) is 36.4 Å². The van der Waals surface area contributed by atoms with Gasteiger partial charge >= 0.3 is 0 Å². The van der Waals surface area contributed by atoms with E-state index in [1.54, 1.807) is 6.20 Å². The summed E-state index contributed by atoms with van der Waals surface area (Å²) in [6, 6.07) is 20.6. The average molecular weight is 440 g/mol. The van der Waals surface area contributed by atoms with E-state index in [9.17, 15) is 0 Å². The molecule has 0 fully saturated rings. The van der Waals surface area contributed by atoms with Crippen molar-refractivity contribution in [1.82, 2.24) is 15.0 Å². The molecule has 0 aliphatic heterocycles. The molecule has 0 saturated heterocycles. The molecule has 0 bridgehead atoms. The monoisotopic (exact) mass is 439 g/mol. The minimum absolute atomic E-state index is 0.684. The topological polar surface area (TPSA) is 38.7 Å². The van der Waals surface area contributed by atoms with Crippen LogP contribution in [-0.4, -0.2) is 15.0 Å². The van der Waals surface area contributed by atoms with Gasteiger partial charge in [-0.15, -0.1) is 0 Å². The van der Waals surface area contributed by atoms with Crippen molar-refractivity contribution < 1.29 is 0 Å². The first kappa shape index (κ1) is 18.0. The first-order valence-corrected chi connectivity index (χ1v) is 10.4. The molecule has 0 spiro atoms. The van der Waals surface area contributed by atoms with Gasteiger partial charge in [-0.05, 0) is 54.3 Å². The molecule has 0 atom stereocenters. The van der Waals surface area contributed by atoms with Gasteiger partial charge in [-0.2, -0.15) is 0 Å². The maximum absolute atomic E-state index is 4.96. The van der Waals surface area contributed by atoms with Crippen LogP contribution in [0.3, 0.4) is 0 Å². The van der Waals surface area contributed by atoms with Gasteiger partial charge in [0.05, 0.1) is 5.69 Å². The van der Waals surface area contributed by atoms with Crippen LogP contribution in [0.5, 0.6) is 0 Å². The highest BCUT2D eigenvalue weighted by molar-refractivity contribution is 9.10. The Balaban J connectivity index is 1.69. The zero-order valence-electron chi connectivity index (χ0n) is 15.7. The first-order valence-electron chi connectivity index (χ1n) is 9.63. The van der Waals surface area contributed by atoms with Crippen LogP contribution in [0.25, 0.3) is 39.3 Å². The fourth-order valence-corrected chi connectivity index (χ4v) is 3.88. The number of rotatable bonds is 3. The van der Waals surface area contributed by atoms with Crippen molar-refractivity contribution in [3.63, 3.8) is 0 Å². The lowest BCUT2D eigenvalue weighted by Gasteiger charge is -2.12. The lowest BCUT2D eigenvalue weighted by molar-refractivity contribution is 1.05. The number of benzene rings is 2. The number of nitrogens with zero attached hydrogens (tertiary/aromatic N) is 3. The van der Waals surface area contributed by atoms with Crippen LogP contribution >= 0.6 is 15.9 Å². The SMILES string of the molecule is Brc1ccc(-c2nc(-c3cccc(C4=CC=CCC4)c3)c3cccnc3n2)cc1. The lowest BCUT2D eigenvalue weighted by atomic mass is 9.95. The Kier molecular flexibility index (Phi) is 4.78. The fourth-order valence-electron chi connectivity index (χ4n) is 3.62. The van der Waals surface area contributed by atoms with Gasteiger partial charge in [0.25, 0.3) is 0 Å². The Hall–Kier alpha value is -3.11. The molecule has 1 aliphatic carbocycles. The summed E-state index contributed by atoms with van der Waals surface area (Å²) >= 11 is 3.49. The second kappa shape index (κ2) is 7.72. The van der Waals surface area contributed by atoms with Gasteiger partial charge in [-0.1, -0.05) is 64.5 Å². The second-order valence-electron chi connectivity index (χ2n) is 7.02. The van der Waals surface area contributed by atoms with Crippen LogP contribution < -0.4 is 0 Å². The second-order valence-corrected chi connectivity index (χ2v) is 7.93. The largest absolute Gasteiger partial charge is 0.236 e. The van der Waals surface area contributed by atoms with Crippen molar-refractivity contribution in [3.8, 4) is 22.6 Å². The Morgan fingerprint density at radius 2 is 1.69 bits per heavy atom. The standard InChI is InChI=1S/C25H18BrN3/c26-21-13-11-18(12-14-21)24-28-23(22-10-5-15-27-25(22)29-24)20-9-4-8-19(16-20)17-6-2-1-3-7-17/h1-2,4-6,8-16H,3,7H2. The van der Waals surface area contributed by atoms with Crippen LogP contribution in [0.1, 0.15) is 18.4 Å². The Morgan fingerprint density at radius 3 is 2.52 bits per heavy atom. The molecule has 2 aromatic carbocycles. The van der Waals surface area contributed by atoms with E-state index >= 15 is 0 Å². The maximum Gasteiger partial charge on any atom is 0.163 e. The summed E-state index contributed by atoms with van der Waals surface area (Å²) in [4.78, 5) is 14.2. The van der Waals surface area contributed by atoms with Crippen molar-refractivity contribution in [2.45, 2.75) is 12.8 Å². The lowest BCUT2D eigenvalue weighted by Crippen LogP contribution is -1.97. The summed E-state index contributed by atoms with van der Waals surface area (Å²) in [5.74, 6) is 0.684. The molecule has 0 radical (unpaired) electrons. The molecule has 3 nitrogen and oxygen atoms in total. The average Bonchev–Trinajstić information content (AvgIpc) is 2.79. The number of hydrogen-bond acceptors (Lipinski definition) is 3. The summed E-state index contributed by atoms with van der Waals surface area (Å²) in [6.07, 6.45) is 10.5. The van der Waals surface area contributed by atoms with E-state index in [0.717, 1.165) is 39.5 Å². The molecule has 0 unspecified atom stereocenters. The minimum atomic E-state index is 0.684. The molecule has 0 N–H and O–H groups in total. The van der Waals surface area contributed by atoms with Crippen molar-refractivity contribution in [1.29, 1.82) is 0 Å². The van der Waals surface area contributed by atoms with Gasteiger partial charge in [-0.3, -0.25) is 0 Å². The van der Waals surface area contributed by atoms with E-state index in [2.05, 4.69) is 63.4 Å². The molecule has 140 valence electrons. The van der Waals surface area contributed by atoms with Crippen LogP contribution in [0.2, 0.25) is 0 Å². The molecule has 2 aromatic heterocycles. The number of halogens is 1. The summed E-state index contributed by atoms with van der Waals surface area (Å²) in [5.41, 5.74) is 6.28. The minimum Gasteiger partial charge on any atom is -0.236 e. The van der Waals surface area contributed by atoms with Gasteiger partial charge < -0.3 is 0 Å². The molecule has 5 rings (SSSR count). The summed E-state index contributed by atoms with van der Waals surface area (Å²) in [7, 11) is 0. The molecular weight excluding hydrogens is 422 g/mol. The third-order valence-corrected chi connectivity index (χ3v) is 5.62. The molecule has 29 heavy (non-hydrogen) atoms. The number of aromatic nitrogens is 3. The van der Waals surface area contributed by atoms with E-state index in [1.165, 1.54) is 11.1 Å². The third-order valence-electron chi connectivity index (χ3n) is 5.09. The van der Waals surface area contributed by atoms with Gasteiger partial charge in [0.15, 0.2) is 11.5 Å². The van der Waals surface area contributed by atoms with Crippen molar-refractivity contribution >= 4 is 32.5 Å². The van der Waals surface area contributed by atoms with Gasteiger partial charge in [0, 0.05) is 27.2 Å². The van der Waals surface area contributed by atoms with Crippen molar-refractivity contribution in [2.75, 3.05) is 0 Å². The predicted octanol–water partition coefficient (Wildman–Crippen LogP) is 6.85. The van der Waals surface area contributed by atoms with E-state index in [0.29, 0.717) is 11.5 Å². The van der Waals surface area contributed by atoms with Crippen LogP contribution in [-0.2, 0) is 0 Å². The molecular formula is C25H18BrN3. The van der Waals surface area contributed by atoms with Crippen molar-refractivity contribution in [2.24, 2.45) is 0 Å². The summed E-state index contributed by atoms with van der Waals surface area (Å²) < 4.78 is 1.03. The van der Waals surface area contributed by atoms with Gasteiger partial charge in [-0.25, -0.2) is 15.0 Å². The number of fused-ring (bicyclic) bond motifs is 1. The maximum atomic E-state index is 4.96. The zero-order chi connectivity index (χ0) is 19.6. The van der Waals surface area contributed by atoms with E-state index in [-0.39, 0.29) is 0 Å². The van der Waals surface area contributed by atoms with Gasteiger partial charge in [0.2, 0.25) is 0 Å². The van der Waals surface area contributed by atoms with Gasteiger partial charge in [0.1, 0.15) is 0 Å². The summed E-state index contributed by atoms with van der Waals surface area (Å²) in [5, 5.41) is 0.961. The van der Waals surface area contributed by atoms with Crippen LogP contribution in [0, 0.1) is 0 Å². The molecule has 1 aliphatic rings. The number of pyridine rings is 1.